The van der Waals surface area contributed by atoms with E-state index in [2.05, 4.69) is 10.6 Å². The van der Waals surface area contributed by atoms with Gasteiger partial charge in [0.1, 0.15) is 0 Å². The quantitative estimate of drug-likeness (QED) is 0.708. The summed E-state index contributed by atoms with van der Waals surface area (Å²) in [4.78, 5) is 12.1. The Bertz CT molecular complexity index is 371. The van der Waals surface area contributed by atoms with Gasteiger partial charge in [-0.3, -0.25) is 0 Å². The number of nitrogens with one attached hydrogen (secondary N) is 2. The predicted octanol–water partition coefficient (Wildman–Crippen LogP) is 2.20. The Balaban J connectivity index is 1.38. The monoisotopic (exact) mass is 296 g/mol. The maximum atomic E-state index is 12.1. The van der Waals surface area contributed by atoms with Gasteiger partial charge in [-0.15, -0.1) is 0 Å². The van der Waals surface area contributed by atoms with E-state index >= 15 is 0 Å². The summed E-state index contributed by atoms with van der Waals surface area (Å²) >= 11 is 0. The van der Waals surface area contributed by atoms with Crippen molar-refractivity contribution >= 4 is 6.03 Å². The van der Waals surface area contributed by atoms with Crippen molar-refractivity contribution in [1.29, 1.82) is 0 Å². The lowest BCUT2D eigenvalue weighted by Gasteiger charge is -2.42. The first kappa shape index (κ1) is 15.1. The molecule has 2 bridgehead atoms. The van der Waals surface area contributed by atoms with Gasteiger partial charge in [-0.1, -0.05) is 6.42 Å². The Morgan fingerprint density at radius 3 is 2.81 bits per heavy atom. The van der Waals surface area contributed by atoms with E-state index in [4.69, 9.17) is 9.47 Å². The summed E-state index contributed by atoms with van der Waals surface area (Å²) in [7, 11) is 0. The fourth-order valence-electron chi connectivity index (χ4n) is 3.90. The predicted molar refractivity (Wildman–Crippen MR) is 80.2 cm³/mol. The zero-order valence-electron chi connectivity index (χ0n) is 13.0. The van der Waals surface area contributed by atoms with Crippen LogP contribution in [0.4, 0.5) is 4.79 Å². The van der Waals surface area contributed by atoms with E-state index in [9.17, 15) is 4.79 Å². The van der Waals surface area contributed by atoms with Crippen LogP contribution in [0.2, 0.25) is 0 Å². The van der Waals surface area contributed by atoms with E-state index in [-0.39, 0.29) is 23.6 Å². The van der Waals surface area contributed by atoms with Crippen molar-refractivity contribution in [3.63, 3.8) is 0 Å². The molecular formula is C16H28N2O3. The molecule has 0 spiro atoms. The van der Waals surface area contributed by atoms with E-state index in [0.29, 0.717) is 6.10 Å². The minimum atomic E-state index is -0.0289. The number of fused-ring (bicyclic) bond motifs is 2. The molecular weight excluding hydrogens is 268 g/mol. The number of hydrogen-bond donors (Lipinski definition) is 2. The molecule has 2 saturated heterocycles. The Morgan fingerprint density at radius 2 is 2.24 bits per heavy atom. The molecule has 0 aromatic carbocycles. The minimum absolute atomic E-state index is 0.0289. The summed E-state index contributed by atoms with van der Waals surface area (Å²) in [5.41, 5.74) is 0.275. The number of amides is 2. The number of carbonyl (C=O) groups excluding carboxylic acids is 1. The Hall–Kier alpha value is -0.810. The van der Waals surface area contributed by atoms with Gasteiger partial charge in [0.15, 0.2) is 0 Å². The van der Waals surface area contributed by atoms with Crippen molar-refractivity contribution in [3.05, 3.63) is 0 Å². The van der Waals surface area contributed by atoms with Crippen molar-refractivity contribution in [2.45, 2.75) is 70.1 Å². The molecule has 0 aromatic heterocycles. The van der Waals surface area contributed by atoms with Gasteiger partial charge in [-0.25, -0.2) is 4.79 Å². The summed E-state index contributed by atoms with van der Waals surface area (Å²) in [6.45, 7) is 4.37. The van der Waals surface area contributed by atoms with Gasteiger partial charge >= 0.3 is 6.03 Å². The first-order chi connectivity index (χ1) is 10.2. The molecule has 5 heteroatoms. The summed E-state index contributed by atoms with van der Waals surface area (Å²) < 4.78 is 11.2. The van der Waals surface area contributed by atoms with Crippen LogP contribution in [-0.2, 0) is 9.47 Å². The maximum absolute atomic E-state index is 12.1. The van der Waals surface area contributed by atoms with Gasteiger partial charge < -0.3 is 20.1 Å². The third-order valence-electron chi connectivity index (χ3n) is 5.44. The van der Waals surface area contributed by atoms with E-state index in [1.807, 2.05) is 6.92 Å². The van der Waals surface area contributed by atoms with Crippen molar-refractivity contribution < 1.29 is 14.3 Å². The van der Waals surface area contributed by atoms with Crippen LogP contribution in [0.25, 0.3) is 0 Å². The molecule has 120 valence electrons. The average molecular weight is 296 g/mol. The highest BCUT2D eigenvalue weighted by atomic mass is 16.5. The molecule has 1 saturated carbocycles. The number of urea groups is 1. The second-order valence-electron chi connectivity index (χ2n) is 6.84. The smallest absolute Gasteiger partial charge is 0.315 e. The number of rotatable bonds is 7. The molecule has 0 aromatic rings. The van der Waals surface area contributed by atoms with E-state index in [0.717, 1.165) is 45.4 Å². The third kappa shape index (κ3) is 3.51. The second-order valence-corrected chi connectivity index (χ2v) is 6.84. The molecule has 2 heterocycles. The van der Waals surface area contributed by atoms with Crippen LogP contribution < -0.4 is 10.6 Å². The van der Waals surface area contributed by atoms with Crippen molar-refractivity contribution in [2.24, 2.45) is 5.41 Å². The molecule has 3 atom stereocenters. The highest BCUT2D eigenvalue weighted by Gasteiger charge is 2.42. The molecule has 3 rings (SSSR count). The van der Waals surface area contributed by atoms with Gasteiger partial charge in [0.2, 0.25) is 0 Å². The lowest BCUT2D eigenvalue weighted by Crippen LogP contribution is -2.50. The number of ether oxygens (including phenoxy) is 2. The normalized spacial score (nSPS) is 32.7. The highest BCUT2D eigenvalue weighted by Crippen LogP contribution is 2.43. The standard InChI is InChI=1S/C16H28N2O3/c1-2-20-9-8-16(6-3-7-16)11-17-15(19)18-13-10-12-4-5-14(13)21-12/h12-14H,2-11H2,1H3,(H2,17,18,19)/t12-,13+,14-/m1/s1. The third-order valence-corrected chi connectivity index (χ3v) is 5.44. The lowest BCUT2D eigenvalue weighted by atomic mass is 9.67. The molecule has 3 aliphatic rings. The second kappa shape index (κ2) is 6.53. The van der Waals surface area contributed by atoms with Crippen LogP contribution in [0.3, 0.4) is 0 Å². The first-order valence-electron chi connectivity index (χ1n) is 8.48. The van der Waals surface area contributed by atoms with Crippen LogP contribution in [0.15, 0.2) is 0 Å². The number of hydrogen-bond acceptors (Lipinski definition) is 3. The van der Waals surface area contributed by atoms with Crippen LogP contribution >= 0.6 is 0 Å². The van der Waals surface area contributed by atoms with Gasteiger partial charge in [-0.05, 0) is 50.9 Å². The Labute approximate surface area is 127 Å². The average Bonchev–Trinajstić information content (AvgIpc) is 3.03. The van der Waals surface area contributed by atoms with Crippen molar-refractivity contribution in [2.75, 3.05) is 19.8 Å². The zero-order valence-corrected chi connectivity index (χ0v) is 13.0. The Kier molecular flexibility index (Phi) is 4.69. The largest absolute Gasteiger partial charge is 0.382 e. The maximum Gasteiger partial charge on any atom is 0.315 e. The fraction of sp³-hybridized carbons (Fsp3) is 0.938. The molecule has 21 heavy (non-hydrogen) atoms. The van der Waals surface area contributed by atoms with Crippen LogP contribution in [0.1, 0.15) is 51.9 Å². The fourth-order valence-corrected chi connectivity index (χ4v) is 3.90. The number of carbonyl (C=O) groups is 1. The van der Waals surface area contributed by atoms with Crippen molar-refractivity contribution in [3.8, 4) is 0 Å². The molecule has 1 aliphatic carbocycles. The minimum Gasteiger partial charge on any atom is -0.382 e. The highest BCUT2D eigenvalue weighted by molar-refractivity contribution is 5.74. The summed E-state index contributed by atoms with van der Waals surface area (Å²) in [5.74, 6) is 0. The summed E-state index contributed by atoms with van der Waals surface area (Å²) in [6.07, 6.45) is 8.59. The van der Waals surface area contributed by atoms with E-state index in [1.165, 1.54) is 19.3 Å². The molecule has 2 aliphatic heterocycles. The van der Waals surface area contributed by atoms with Crippen molar-refractivity contribution in [1.82, 2.24) is 10.6 Å². The van der Waals surface area contributed by atoms with Gasteiger partial charge in [0, 0.05) is 19.8 Å². The van der Waals surface area contributed by atoms with E-state index in [1.54, 1.807) is 0 Å². The zero-order chi connectivity index (χ0) is 14.7. The van der Waals surface area contributed by atoms with Gasteiger partial charge in [-0.2, -0.15) is 0 Å². The topological polar surface area (TPSA) is 59.6 Å². The lowest BCUT2D eigenvalue weighted by molar-refractivity contribution is 0.0555. The van der Waals surface area contributed by atoms with Crippen LogP contribution in [-0.4, -0.2) is 44.0 Å². The summed E-state index contributed by atoms with van der Waals surface area (Å²) in [6, 6.07) is 0.184. The van der Waals surface area contributed by atoms with Gasteiger partial charge in [0.05, 0.1) is 18.2 Å². The van der Waals surface area contributed by atoms with Crippen LogP contribution in [0, 0.1) is 5.41 Å². The SMILES string of the molecule is CCOCCC1(CNC(=O)N[C@H]2C[C@H]3CC[C@H]2O3)CCC1. The molecule has 2 N–H and O–H groups in total. The van der Waals surface area contributed by atoms with E-state index < -0.39 is 0 Å². The first-order valence-corrected chi connectivity index (χ1v) is 8.48. The Morgan fingerprint density at radius 1 is 1.38 bits per heavy atom. The molecule has 3 fully saturated rings. The molecule has 0 unspecified atom stereocenters. The summed E-state index contributed by atoms with van der Waals surface area (Å²) in [5, 5.41) is 6.17. The van der Waals surface area contributed by atoms with Gasteiger partial charge in [0.25, 0.3) is 0 Å². The molecule has 2 amide bonds. The van der Waals surface area contributed by atoms with Crippen LogP contribution in [0.5, 0.6) is 0 Å². The molecule has 0 radical (unpaired) electrons. The molecule has 5 nitrogen and oxygen atoms in total.